The van der Waals surface area contributed by atoms with Gasteiger partial charge in [0, 0.05) is 28.6 Å². The monoisotopic (exact) mass is 551 g/mol. The summed E-state index contributed by atoms with van der Waals surface area (Å²) < 4.78 is 6.86. The van der Waals surface area contributed by atoms with Crippen LogP contribution in [0.4, 0.5) is 4.79 Å². The van der Waals surface area contributed by atoms with E-state index in [0.29, 0.717) is 24.0 Å². The second-order valence-corrected chi connectivity index (χ2v) is 12.4. The molecule has 3 amide bonds. The minimum Gasteiger partial charge on any atom is -0.444 e. The molecule has 2 aromatic heterocycles. The molecule has 2 N–H and O–H groups in total. The van der Waals surface area contributed by atoms with Crippen molar-refractivity contribution < 1.29 is 19.1 Å². The van der Waals surface area contributed by atoms with E-state index in [-0.39, 0.29) is 23.6 Å². The lowest BCUT2D eigenvalue weighted by Crippen LogP contribution is -2.69. The first-order valence-corrected chi connectivity index (χ1v) is 14.3. The van der Waals surface area contributed by atoms with E-state index >= 15 is 0 Å². The molecule has 2 atom stereocenters. The van der Waals surface area contributed by atoms with Crippen LogP contribution in [-0.2, 0) is 27.3 Å². The molecule has 0 aromatic carbocycles. The van der Waals surface area contributed by atoms with Crippen molar-refractivity contribution in [1.82, 2.24) is 35.7 Å². The van der Waals surface area contributed by atoms with Crippen LogP contribution in [0.5, 0.6) is 0 Å². The molecule has 2 aliphatic rings. The number of tetrazole rings is 1. The number of allylic oxidation sites excluding steroid dienone is 1. The molecule has 2 aromatic rings. The summed E-state index contributed by atoms with van der Waals surface area (Å²) in [6.45, 7) is 8.10. The van der Waals surface area contributed by atoms with Crippen LogP contribution in [0.3, 0.4) is 0 Å². The van der Waals surface area contributed by atoms with Gasteiger partial charge in [-0.25, -0.2) is 9.48 Å². The van der Waals surface area contributed by atoms with Gasteiger partial charge in [-0.15, -0.1) is 28.2 Å². The number of thioether (sulfide) groups is 2. The number of carbonyl (C=O) groups is 3. The molecule has 0 aliphatic carbocycles. The van der Waals surface area contributed by atoms with Crippen LogP contribution in [-0.4, -0.2) is 78.1 Å². The highest BCUT2D eigenvalue weighted by atomic mass is 32.2. The number of carbonyl (C=O) groups excluding carboxylic acids is 3. The fourth-order valence-electron chi connectivity index (χ4n) is 3.70. The number of nitrogens with one attached hydrogen (secondary N) is 2. The third-order valence-corrected chi connectivity index (χ3v) is 8.70. The summed E-state index contributed by atoms with van der Waals surface area (Å²) in [7, 11) is 0. The summed E-state index contributed by atoms with van der Waals surface area (Å²) in [5, 5.41) is 19.9. The fourth-order valence-corrected chi connectivity index (χ4v) is 6.99. The lowest BCUT2D eigenvalue weighted by Gasteiger charge is -2.50. The van der Waals surface area contributed by atoms with Gasteiger partial charge in [0.1, 0.15) is 17.0 Å². The van der Waals surface area contributed by atoms with E-state index in [1.54, 1.807) is 42.1 Å². The number of β-lactam (4-membered cyclic amide) rings is 1. The summed E-state index contributed by atoms with van der Waals surface area (Å²) in [6.07, 6.45) is -0.197. The van der Waals surface area contributed by atoms with Crippen LogP contribution in [0, 0.1) is 0 Å². The number of nitrogens with zero attached hydrogens (tertiary/aromatic N) is 5. The predicted octanol–water partition coefficient (Wildman–Crippen LogP) is 2.27. The third kappa shape index (κ3) is 6.40. The van der Waals surface area contributed by atoms with E-state index in [2.05, 4.69) is 26.2 Å². The van der Waals surface area contributed by atoms with E-state index in [9.17, 15) is 14.4 Å². The SMILES string of the molecule is CC1=C(CSc2nnnn2CCNC(=O)OC(C)(C)C)CS[C@H]2C(NC(=O)Cc3cccs3)C(=O)N12. The normalized spacial score (nSPS) is 19.6. The van der Waals surface area contributed by atoms with Crippen molar-refractivity contribution in [1.29, 1.82) is 0 Å². The average Bonchev–Trinajstić information content (AvgIpc) is 3.47. The molecule has 0 radical (unpaired) electrons. The molecule has 4 rings (SSSR count). The lowest BCUT2D eigenvalue weighted by atomic mass is 10.0. The highest BCUT2D eigenvalue weighted by Gasteiger charge is 2.51. The van der Waals surface area contributed by atoms with E-state index in [1.165, 1.54) is 23.1 Å². The minimum absolute atomic E-state index is 0.0789. The number of thiophene rings is 1. The summed E-state index contributed by atoms with van der Waals surface area (Å²) >= 11 is 4.66. The summed E-state index contributed by atoms with van der Waals surface area (Å²) in [4.78, 5) is 39.8. The second kappa shape index (κ2) is 11.2. The van der Waals surface area contributed by atoms with Crippen molar-refractivity contribution in [3.8, 4) is 0 Å². The topological polar surface area (TPSA) is 131 Å². The first kappa shape index (κ1) is 26.5. The van der Waals surface area contributed by atoms with Gasteiger partial charge in [0.05, 0.1) is 13.0 Å². The van der Waals surface area contributed by atoms with Crippen LogP contribution in [0.25, 0.3) is 0 Å². The number of alkyl carbamates (subject to hydrolysis) is 1. The Morgan fingerprint density at radius 2 is 2.14 bits per heavy atom. The molecular weight excluding hydrogens is 522 g/mol. The van der Waals surface area contributed by atoms with Gasteiger partial charge in [-0.05, 0) is 55.1 Å². The second-order valence-electron chi connectivity index (χ2n) is 9.30. The highest BCUT2D eigenvalue weighted by molar-refractivity contribution is 8.01. The van der Waals surface area contributed by atoms with Gasteiger partial charge in [-0.3, -0.25) is 14.5 Å². The Hall–Kier alpha value is -2.58. The zero-order valence-electron chi connectivity index (χ0n) is 20.5. The number of ether oxygens (including phenoxy) is 1. The van der Waals surface area contributed by atoms with Gasteiger partial charge in [0.15, 0.2) is 0 Å². The maximum Gasteiger partial charge on any atom is 0.407 e. The number of amides is 3. The van der Waals surface area contributed by atoms with Crippen LogP contribution in [0.1, 0.15) is 32.6 Å². The quantitative estimate of drug-likeness (QED) is 0.356. The Kier molecular flexibility index (Phi) is 8.25. The molecule has 1 saturated heterocycles. The van der Waals surface area contributed by atoms with Gasteiger partial charge in [0.25, 0.3) is 5.91 Å². The molecule has 194 valence electrons. The van der Waals surface area contributed by atoms with Crippen molar-refractivity contribution in [2.75, 3.05) is 18.1 Å². The Morgan fingerprint density at radius 3 is 2.86 bits per heavy atom. The Bertz CT molecular complexity index is 1140. The van der Waals surface area contributed by atoms with Crippen molar-refractivity contribution >= 4 is 52.8 Å². The smallest absolute Gasteiger partial charge is 0.407 e. The van der Waals surface area contributed by atoms with Crippen LogP contribution in [0.15, 0.2) is 33.9 Å². The number of hydrogen-bond donors (Lipinski definition) is 2. The van der Waals surface area contributed by atoms with Gasteiger partial charge >= 0.3 is 6.09 Å². The molecule has 1 unspecified atom stereocenters. The van der Waals surface area contributed by atoms with Gasteiger partial charge < -0.3 is 15.4 Å². The van der Waals surface area contributed by atoms with Crippen molar-refractivity contribution in [3.05, 3.63) is 33.7 Å². The van der Waals surface area contributed by atoms with E-state index in [0.717, 1.165) is 21.9 Å². The predicted molar refractivity (Wildman–Crippen MR) is 139 cm³/mol. The van der Waals surface area contributed by atoms with Gasteiger partial charge in [-0.1, -0.05) is 17.8 Å². The first-order chi connectivity index (χ1) is 17.1. The van der Waals surface area contributed by atoms with E-state index in [1.807, 2.05) is 24.4 Å². The molecule has 1 fully saturated rings. The molecule has 36 heavy (non-hydrogen) atoms. The number of rotatable bonds is 9. The molecule has 14 heteroatoms. The highest BCUT2D eigenvalue weighted by Crippen LogP contribution is 2.41. The van der Waals surface area contributed by atoms with E-state index in [4.69, 9.17) is 4.74 Å². The molecule has 2 aliphatic heterocycles. The summed E-state index contributed by atoms with van der Waals surface area (Å²) in [5.74, 6) is 1.17. The molecule has 0 bridgehead atoms. The van der Waals surface area contributed by atoms with Gasteiger partial charge in [-0.2, -0.15) is 0 Å². The molecule has 0 saturated carbocycles. The molecule has 4 heterocycles. The van der Waals surface area contributed by atoms with Gasteiger partial charge in [0.2, 0.25) is 11.1 Å². The number of hydrogen-bond acceptors (Lipinski definition) is 10. The maximum absolute atomic E-state index is 12.8. The standard InChI is InChI=1S/C22H29N7O4S3/c1-13-14(12-36-20-25-26-27-28(20)8-7-23-21(32)33-22(2,3)4)11-35-19-17(18(31)29(13)19)24-16(30)10-15-6-5-9-34-15/h5-6,9,17,19H,7-8,10-12H2,1-4H3,(H,23,32)(H,24,30)/t17?,19-/m0/s1. The van der Waals surface area contributed by atoms with Crippen LogP contribution in [0.2, 0.25) is 0 Å². The number of aromatic nitrogens is 4. The molecular formula is C22H29N7O4S3. The Balaban J connectivity index is 1.27. The van der Waals surface area contributed by atoms with Crippen molar-refractivity contribution in [2.45, 2.75) is 62.8 Å². The summed E-state index contributed by atoms with van der Waals surface area (Å²) in [5.41, 5.74) is 1.49. The minimum atomic E-state index is -0.559. The number of fused-ring (bicyclic) bond motifs is 1. The average molecular weight is 552 g/mol. The third-order valence-electron chi connectivity index (χ3n) is 5.44. The lowest BCUT2D eigenvalue weighted by molar-refractivity contribution is -0.145. The van der Waals surface area contributed by atoms with E-state index < -0.39 is 17.7 Å². The molecule has 0 spiro atoms. The fraction of sp³-hybridized carbons (Fsp3) is 0.545. The van der Waals surface area contributed by atoms with Crippen molar-refractivity contribution in [3.63, 3.8) is 0 Å². The summed E-state index contributed by atoms with van der Waals surface area (Å²) in [6, 6.07) is 3.34. The molecule has 11 nitrogen and oxygen atoms in total. The largest absolute Gasteiger partial charge is 0.444 e. The van der Waals surface area contributed by atoms with Crippen LogP contribution >= 0.6 is 34.9 Å². The zero-order valence-corrected chi connectivity index (χ0v) is 23.0. The Labute approximate surface area is 221 Å². The first-order valence-electron chi connectivity index (χ1n) is 11.4. The van der Waals surface area contributed by atoms with Crippen molar-refractivity contribution in [2.24, 2.45) is 0 Å². The van der Waals surface area contributed by atoms with Crippen LogP contribution < -0.4 is 10.6 Å². The maximum atomic E-state index is 12.8. The zero-order chi connectivity index (χ0) is 25.9. The Morgan fingerprint density at radius 1 is 1.33 bits per heavy atom.